The lowest BCUT2D eigenvalue weighted by Crippen LogP contribution is -1.99. The predicted molar refractivity (Wildman–Crippen MR) is 66.9 cm³/mol. The SMILES string of the molecule is Cc1cc(C)c(C2CCC(Cl)C2)cc1C. The van der Waals surface area contributed by atoms with E-state index in [0.29, 0.717) is 11.3 Å². The molecule has 0 aliphatic heterocycles. The Hall–Kier alpha value is -0.490. The molecule has 1 heteroatoms. The molecule has 15 heavy (non-hydrogen) atoms. The molecule has 82 valence electrons. The normalized spacial score (nSPS) is 25.9. The Morgan fingerprint density at radius 3 is 2.27 bits per heavy atom. The van der Waals surface area contributed by atoms with Crippen molar-refractivity contribution in [2.45, 2.75) is 51.3 Å². The van der Waals surface area contributed by atoms with Crippen LogP contribution in [0.15, 0.2) is 12.1 Å². The molecular formula is C14H19Cl. The van der Waals surface area contributed by atoms with Gasteiger partial charge in [0.2, 0.25) is 0 Å². The molecule has 0 amide bonds. The average molecular weight is 223 g/mol. The number of benzene rings is 1. The summed E-state index contributed by atoms with van der Waals surface area (Å²) in [6.45, 7) is 6.61. The van der Waals surface area contributed by atoms with Crippen LogP contribution in [0.1, 0.15) is 47.4 Å². The van der Waals surface area contributed by atoms with Crippen LogP contribution in [0, 0.1) is 20.8 Å². The Balaban J connectivity index is 2.32. The van der Waals surface area contributed by atoms with Crippen molar-refractivity contribution in [1.29, 1.82) is 0 Å². The Bertz CT molecular complexity index is 368. The van der Waals surface area contributed by atoms with Gasteiger partial charge < -0.3 is 0 Å². The number of aryl methyl sites for hydroxylation is 3. The molecular weight excluding hydrogens is 204 g/mol. The first-order valence-electron chi connectivity index (χ1n) is 5.79. The van der Waals surface area contributed by atoms with Crippen LogP contribution in [0.4, 0.5) is 0 Å². The summed E-state index contributed by atoms with van der Waals surface area (Å²) < 4.78 is 0. The summed E-state index contributed by atoms with van der Waals surface area (Å²) >= 11 is 6.18. The maximum absolute atomic E-state index is 6.18. The first kappa shape index (κ1) is 11.0. The topological polar surface area (TPSA) is 0 Å². The number of alkyl halides is 1. The lowest BCUT2D eigenvalue weighted by Gasteiger charge is -2.15. The largest absolute Gasteiger partial charge is 0.123 e. The highest BCUT2D eigenvalue weighted by Crippen LogP contribution is 2.38. The number of hydrogen-bond donors (Lipinski definition) is 0. The molecule has 0 bridgehead atoms. The summed E-state index contributed by atoms with van der Waals surface area (Å²) in [6, 6.07) is 4.68. The average Bonchev–Trinajstić information content (AvgIpc) is 2.58. The molecule has 2 unspecified atom stereocenters. The number of hydrogen-bond acceptors (Lipinski definition) is 0. The van der Waals surface area contributed by atoms with Crippen molar-refractivity contribution < 1.29 is 0 Å². The Morgan fingerprint density at radius 2 is 1.67 bits per heavy atom. The minimum absolute atomic E-state index is 0.399. The molecule has 2 atom stereocenters. The molecule has 0 heterocycles. The van der Waals surface area contributed by atoms with Gasteiger partial charge in [-0.2, -0.15) is 0 Å². The van der Waals surface area contributed by atoms with Crippen LogP contribution < -0.4 is 0 Å². The van der Waals surface area contributed by atoms with Crippen LogP contribution in [0.5, 0.6) is 0 Å². The van der Waals surface area contributed by atoms with Crippen molar-refractivity contribution >= 4 is 11.6 Å². The molecule has 0 radical (unpaired) electrons. The minimum Gasteiger partial charge on any atom is -0.123 e. The fourth-order valence-corrected chi connectivity index (χ4v) is 2.97. The van der Waals surface area contributed by atoms with Crippen molar-refractivity contribution in [2.24, 2.45) is 0 Å². The monoisotopic (exact) mass is 222 g/mol. The van der Waals surface area contributed by atoms with Crippen LogP contribution in [0.2, 0.25) is 0 Å². The van der Waals surface area contributed by atoms with Crippen molar-refractivity contribution in [3.05, 3.63) is 34.4 Å². The molecule has 0 aromatic heterocycles. The van der Waals surface area contributed by atoms with Crippen molar-refractivity contribution in [1.82, 2.24) is 0 Å². The van der Waals surface area contributed by atoms with Crippen LogP contribution in [-0.4, -0.2) is 5.38 Å². The lowest BCUT2D eigenvalue weighted by molar-refractivity contribution is 0.717. The minimum atomic E-state index is 0.399. The third-order valence-corrected chi connectivity index (χ3v) is 4.09. The van der Waals surface area contributed by atoms with Gasteiger partial charge in [-0.1, -0.05) is 12.1 Å². The maximum Gasteiger partial charge on any atom is 0.0342 e. The maximum atomic E-state index is 6.18. The first-order valence-corrected chi connectivity index (χ1v) is 6.23. The van der Waals surface area contributed by atoms with Crippen molar-refractivity contribution in [3.63, 3.8) is 0 Å². The molecule has 1 fully saturated rings. The van der Waals surface area contributed by atoms with Gasteiger partial charge in [-0.05, 0) is 68.2 Å². The van der Waals surface area contributed by atoms with Crippen molar-refractivity contribution in [3.8, 4) is 0 Å². The highest BCUT2D eigenvalue weighted by atomic mass is 35.5. The molecule has 1 saturated carbocycles. The van der Waals surface area contributed by atoms with Crippen LogP contribution >= 0.6 is 11.6 Å². The smallest absolute Gasteiger partial charge is 0.0342 e. The van der Waals surface area contributed by atoms with Gasteiger partial charge >= 0.3 is 0 Å². The lowest BCUT2D eigenvalue weighted by atomic mass is 9.90. The van der Waals surface area contributed by atoms with E-state index < -0.39 is 0 Å². The van der Waals surface area contributed by atoms with Crippen LogP contribution in [0.3, 0.4) is 0 Å². The zero-order valence-electron chi connectivity index (χ0n) is 9.81. The zero-order valence-corrected chi connectivity index (χ0v) is 10.6. The predicted octanol–water partition coefficient (Wildman–Crippen LogP) is 4.49. The van der Waals surface area contributed by atoms with Gasteiger partial charge in [0, 0.05) is 5.38 Å². The van der Waals surface area contributed by atoms with Gasteiger partial charge in [-0.3, -0.25) is 0 Å². The summed E-state index contributed by atoms with van der Waals surface area (Å²) in [7, 11) is 0. The molecule has 2 rings (SSSR count). The summed E-state index contributed by atoms with van der Waals surface area (Å²) in [5, 5.41) is 0.399. The van der Waals surface area contributed by atoms with E-state index in [1.54, 1.807) is 0 Å². The van der Waals surface area contributed by atoms with Gasteiger partial charge in [-0.25, -0.2) is 0 Å². The molecule has 1 aromatic carbocycles. The Kier molecular flexibility index (Phi) is 3.06. The second-order valence-electron chi connectivity index (χ2n) is 4.90. The molecule has 1 aliphatic rings. The highest BCUT2D eigenvalue weighted by molar-refractivity contribution is 6.20. The van der Waals surface area contributed by atoms with Gasteiger partial charge in [0.1, 0.15) is 0 Å². The molecule has 0 saturated heterocycles. The van der Waals surface area contributed by atoms with E-state index in [1.165, 1.54) is 35.1 Å². The number of rotatable bonds is 1. The van der Waals surface area contributed by atoms with E-state index in [0.717, 1.165) is 6.42 Å². The summed E-state index contributed by atoms with van der Waals surface area (Å²) in [6.07, 6.45) is 3.60. The Morgan fingerprint density at radius 1 is 1.00 bits per heavy atom. The van der Waals surface area contributed by atoms with E-state index in [4.69, 9.17) is 11.6 Å². The second kappa shape index (κ2) is 4.17. The highest BCUT2D eigenvalue weighted by Gasteiger charge is 2.25. The Labute approximate surface area is 97.6 Å². The van der Waals surface area contributed by atoms with Gasteiger partial charge in [-0.15, -0.1) is 11.6 Å². The van der Waals surface area contributed by atoms with E-state index in [-0.39, 0.29) is 0 Å². The summed E-state index contributed by atoms with van der Waals surface area (Å²) in [4.78, 5) is 0. The molecule has 0 nitrogen and oxygen atoms in total. The van der Waals surface area contributed by atoms with Gasteiger partial charge in [0.25, 0.3) is 0 Å². The van der Waals surface area contributed by atoms with E-state index in [2.05, 4.69) is 32.9 Å². The first-order chi connectivity index (χ1) is 7.08. The molecule has 1 aliphatic carbocycles. The fraction of sp³-hybridized carbons (Fsp3) is 0.571. The number of halogens is 1. The third-order valence-electron chi connectivity index (χ3n) is 3.69. The van der Waals surface area contributed by atoms with E-state index in [9.17, 15) is 0 Å². The van der Waals surface area contributed by atoms with Crippen LogP contribution in [-0.2, 0) is 0 Å². The zero-order chi connectivity index (χ0) is 11.0. The molecule has 0 N–H and O–H groups in total. The van der Waals surface area contributed by atoms with E-state index in [1.807, 2.05) is 0 Å². The summed E-state index contributed by atoms with van der Waals surface area (Å²) in [5.41, 5.74) is 5.78. The van der Waals surface area contributed by atoms with Crippen molar-refractivity contribution in [2.75, 3.05) is 0 Å². The van der Waals surface area contributed by atoms with Crippen LogP contribution in [0.25, 0.3) is 0 Å². The summed E-state index contributed by atoms with van der Waals surface area (Å²) in [5.74, 6) is 0.701. The van der Waals surface area contributed by atoms with Gasteiger partial charge in [0.15, 0.2) is 0 Å². The van der Waals surface area contributed by atoms with Gasteiger partial charge in [0.05, 0.1) is 0 Å². The quantitative estimate of drug-likeness (QED) is 0.615. The standard InChI is InChI=1S/C14H19Cl/c1-9-6-11(3)14(7-10(9)2)12-4-5-13(15)8-12/h6-7,12-13H,4-5,8H2,1-3H3. The third kappa shape index (κ3) is 2.20. The second-order valence-corrected chi connectivity index (χ2v) is 5.52. The van der Waals surface area contributed by atoms with E-state index >= 15 is 0 Å². The molecule has 0 spiro atoms. The molecule has 1 aromatic rings. The fourth-order valence-electron chi connectivity index (χ4n) is 2.63.